The molecule has 2 aromatic carbocycles. The lowest BCUT2D eigenvalue weighted by atomic mass is 10.1. The van der Waals surface area contributed by atoms with E-state index in [0.29, 0.717) is 33.5 Å². The number of carbonyl (C=O) groups excluding carboxylic acids is 1. The maximum Gasteiger partial charge on any atom is 0.250 e. The molecule has 1 N–H and O–H groups in total. The molecule has 0 radical (unpaired) electrons. The lowest BCUT2D eigenvalue weighted by molar-refractivity contribution is -0.111. The molecule has 1 amide bonds. The molecule has 0 spiro atoms. The molecule has 9 heteroatoms. The number of aromatic nitrogens is 1. The standard InChI is InChI=1S/C22H20F2N2O4S/c1-28-18-8-13(9-19(29-2)21(18)30-3)4-7-20(27)26-22-25-12-16(31-22)10-14-5-6-15(23)11-17(14)24/h4-9,11-12H,10H2,1-3H3,(H,25,26,27). The van der Waals surface area contributed by atoms with Gasteiger partial charge in [0, 0.05) is 29.6 Å². The first kappa shape index (κ1) is 22.2. The molecule has 1 aromatic heterocycles. The number of anilines is 1. The van der Waals surface area contributed by atoms with Crippen LogP contribution in [0.15, 0.2) is 42.6 Å². The van der Waals surface area contributed by atoms with Gasteiger partial charge in [-0.25, -0.2) is 13.8 Å². The highest BCUT2D eigenvalue weighted by molar-refractivity contribution is 7.15. The van der Waals surface area contributed by atoms with E-state index < -0.39 is 11.6 Å². The number of ether oxygens (including phenoxy) is 3. The van der Waals surface area contributed by atoms with Gasteiger partial charge in [0.1, 0.15) is 11.6 Å². The van der Waals surface area contributed by atoms with Gasteiger partial charge in [-0.2, -0.15) is 0 Å². The van der Waals surface area contributed by atoms with Crippen molar-refractivity contribution in [2.24, 2.45) is 0 Å². The number of hydrogen-bond donors (Lipinski definition) is 1. The number of nitrogens with one attached hydrogen (secondary N) is 1. The first-order valence-corrected chi connectivity index (χ1v) is 9.92. The van der Waals surface area contributed by atoms with Crippen molar-refractivity contribution < 1.29 is 27.8 Å². The Morgan fingerprint density at radius 3 is 2.42 bits per heavy atom. The van der Waals surface area contributed by atoms with Gasteiger partial charge in [-0.3, -0.25) is 10.1 Å². The van der Waals surface area contributed by atoms with E-state index in [-0.39, 0.29) is 12.3 Å². The minimum Gasteiger partial charge on any atom is -0.493 e. The highest BCUT2D eigenvalue weighted by atomic mass is 32.1. The highest BCUT2D eigenvalue weighted by Gasteiger charge is 2.13. The van der Waals surface area contributed by atoms with Gasteiger partial charge >= 0.3 is 0 Å². The summed E-state index contributed by atoms with van der Waals surface area (Å²) in [5.41, 5.74) is 1.03. The number of nitrogens with zero attached hydrogens (tertiary/aromatic N) is 1. The smallest absolute Gasteiger partial charge is 0.250 e. The molecule has 0 fully saturated rings. The van der Waals surface area contributed by atoms with Gasteiger partial charge < -0.3 is 14.2 Å². The van der Waals surface area contributed by atoms with Crippen LogP contribution in [0.25, 0.3) is 6.08 Å². The van der Waals surface area contributed by atoms with Crippen molar-refractivity contribution in [1.82, 2.24) is 4.98 Å². The summed E-state index contributed by atoms with van der Waals surface area (Å²) >= 11 is 1.21. The number of thiazole rings is 1. The molecule has 3 rings (SSSR count). The Morgan fingerprint density at radius 1 is 1.10 bits per heavy atom. The van der Waals surface area contributed by atoms with Crippen LogP contribution in [0.1, 0.15) is 16.0 Å². The van der Waals surface area contributed by atoms with Crippen LogP contribution in [-0.4, -0.2) is 32.2 Å². The zero-order valence-corrected chi connectivity index (χ0v) is 17.9. The summed E-state index contributed by atoms with van der Waals surface area (Å²) in [6, 6.07) is 6.86. The van der Waals surface area contributed by atoms with Crippen molar-refractivity contribution in [3.8, 4) is 17.2 Å². The van der Waals surface area contributed by atoms with E-state index in [1.54, 1.807) is 24.4 Å². The maximum absolute atomic E-state index is 13.8. The normalized spacial score (nSPS) is 10.9. The summed E-state index contributed by atoms with van der Waals surface area (Å²) in [5, 5.41) is 3.03. The van der Waals surface area contributed by atoms with Crippen LogP contribution >= 0.6 is 11.3 Å². The molecular formula is C22H20F2N2O4S. The predicted molar refractivity (Wildman–Crippen MR) is 115 cm³/mol. The lowest BCUT2D eigenvalue weighted by Crippen LogP contribution is -2.07. The molecule has 1 heterocycles. The van der Waals surface area contributed by atoms with Gasteiger partial charge in [0.15, 0.2) is 16.6 Å². The number of rotatable bonds is 8. The highest BCUT2D eigenvalue weighted by Crippen LogP contribution is 2.38. The molecule has 162 valence electrons. The molecule has 0 saturated carbocycles. The van der Waals surface area contributed by atoms with Gasteiger partial charge in [0.25, 0.3) is 0 Å². The monoisotopic (exact) mass is 446 g/mol. The van der Waals surface area contributed by atoms with Gasteiger partial charge in [-0.1, -0.05) is 6.07 Å². The van der Waals surface area contributed by atoms with Crippen molar-refractivity contribution >= 4 is 28.5 Å². The fourth-order valence-corrected chi connectivity index (χ4v) is 3.65. The van der Waals surface area contributed by atoms with E-state index in [4.69, 9.17) is 14.2 Å². The Kier molecular flexibility index (Phi) is 7.19. The average molecular weight is 446 g/mol. The molecule has 0 aliphatic rings. The molecule has 31 heavy (non-hydrogen) atoms. The Morgan fingerprint density at radius 2 is 1.81 bits per heavy atom. The minimum absolute atomic E-state index is 0.251. The van der Waals surface area contributed by atoms with E-state index in [1.807, 2.05) is 0 Å². The minimum atomic E-state index is -0.627. The number of benzene rings is 2. The van der Waals surface area contributed by atoms with E-state index in [2.05, 4.69) is 10.3 Å². The van der Waals surface area contributed by atoms with Gasteiger partial charge in [0.2, 0.25) is 11.7 Å². The Hall–Kier alpha value is -3.46. The van der Waals surface area contributed by atoms with Crippen LogP contribution in [0, 0.1) is 11.6 Å². The van der Waals surface area contributed by atoms with Crippen molar-refractivity contribution in [2.75, 3.05) is 26.6 Å². The maximum atomic E-state index is 13.8. The SMILES string of the molecule is COc1cc(C=CC(=O)Nc2ncc(Cc3ccc(F)cc3F)s2)cc(OC)c1OC. The van der Waals surface area contributed by atoms with E-state index in [0.717, 1.165) is 10.9 Å². The molecule has 0 aliphatic carbocycles. The van der Waals surface area contributed by atoms with Crippen molar-refractivity contribution in [3.05, 3.63) is 70.2 Å². The van der Waals surface area contributed by atoms with Crippen LogP contribution < -0.4 is 19.5 Å². The summed E-state index contributed by atoms with van der Waals surface area (Å²) < 4.78 is 42.7. The summed E-state index contributed by atoms with van der Waals surface area (Å²) in [7, 11) is 4.53. The van der Waals surface area contributed by atoms with E-state index in [1.165, 1.54) is 50.9 Å². The van der Waals surface area contributed by atoms with Crippen molar-refractivity contribution in [3.63, 3.8) is 0 Å². The summed E-state index contributed by atoms with van der Waals surface area (Å²) in [6.45, 7) is 0. The number of hydrogen-bond acceptors (Lipinski definition) is 6. The third-order valence-corrected chi connectivity index (χ3v) is 5.19. The van der Waals surface area contributed by atoms with Crippen LogP contribution in [0.2, 0.25) is 0 Å². The molecule has 0 saturated heterocycles. The second kappa shape index (κ2) is 10.0. The first-order valence-electron chi connectivity index (χ1n) is 9.11. The topological polar surface area (TPSA) is 69.7 Å². The van der Waals surface area contributed by atoms with Crippen molar-refractivity contribution in [2.45, 2.75) is 6.42 Å². The first-order chi connectivity index (χ1) is 14.9. The number of halogens is 2. The fourth-order valence-electron chi connectivity index (χ4n) is 2.82. The van der Waals surface area contributed by atoms with Crippen molar-refractivity contribution in [1.29, 1.82) is 0 Å². The zero-order chi connectivity index (χ0) is 22.4. The molecular weight excluding hydrogens is 426 g/mol. The van der Waals surface area contributed by atoms with Crippen LogP contribution in [0.5, 0.6) is 17.2 Å². The van der Waals surface area contributed by atoms with Crippen LogP contribution in [0.4, 0.5) is 13.9 Å². The molecule has 0 bridgehead atoms. The summed E-state index contributed by atoms with van der Waals surface area (Å²) in [6.07, 6.45) is 4.75. The Bertz CT molecular complexity index is 1090. The zero-order valence-electron chi connectivity index (χ0n) is 17.1. The number of carbonyl (C=O) groups is 1. The van der Waals surface area contributed by atoms with E-state index in [9.17, 15) is 13.6 Å². The average Bonchev–Trinajstić information content (AvgIpc) is 3.20. The van der Waals surface area contributed by atoms with Crippen LogP contribution in [-0.2, 0) is 11.2 Å². The van der Waals surface area contributed by atoms with E-state index >= 15 is 0 Å². The third-order valence-electron chi connectivity index (χ3n) is 4.28. The predicted octanol–water partition coefficient (Wildman–Crippen LogP) is 4.69. The Labute approximate surface area is 182 Å². The van der Waals surface area contributed by atoms with Gasteiger partial charge in [0.05, 0.1) is 21.3 Å². The fraction of sp³-hybridized carbons (Fsp3) is 0.182. The number of methoxy groups -OCH3 is 3. The molecule has 0 unspecified atom stereocenters. The largest absolute Gasteiger partial charge is 0.493 e. The molecule has 0 aliphatic heterocycles. The quantitative estimate of drug-likeness (QED) is 0.509. The Balaban J connectivity index is 1.67. The molecule has 6 nitrogen and oxygen atoms in total. The van der Waals surface area contributed by atoms with Gasteiger partial charge in [-0.05, 0) is 35.4 Å². The molecule has 0 atom stereocenters. The van der Waals surface area contributed by atoms with Gasteiger partial charge in [-0.15, -0.1) is 11.3 Å². The third kappa shape index (κ3) is 5.58. The van der Waals surface area contributed by atoms with Crippen LogP contribution in [0.3, 0.4) is 0 Å². The summed E-state index contributed by atoms with van der Waals surface area (Å²) in [5.74, 6) is -0.231. The molecule has 3 aromatic rings. The second-order valence-electron chi connectivity index (χ2n) is 6.33. The summed E-state index contributed by atoms with van der Waals surface area (Å²) in [4.78, 5) is 17.1. The second-order valence-corrected chi connectivity index (χ2v) is 7.44. The lowest BCUT2D eigenvalue weighted by Gasteiger charge is -2.12. The number of amides is 1.